The number of amides is 10. The van der Waals surface area contributed by atoms with Gasteiger partial charge in [0.1, 0.15) is 60.1 Å². The number of aromatic hydroxyl groups is 1. The van der Waals surface area contributed by atoms with Gasteiger partial charge < -0.3 is 84.0 Å². The van der Waals surface area contributed by atoms with Gasteiger partial charge in [-0.3, -0.25) is 67.1 Å². The summed E-state index contributed by atoms with van der Waals surface area (Å²) >= 11 is 0. The minimum absolute atomic E-state index is 0.0397. The molecule has 2 heterocycles. The van der Waals surface area contributed by atoms with Crippen molar-refractivity contribution in [2.45, 2.75) is 166 Å². The maximum Gasteiger partial charge on any atom is 0.305 e. The number of nitrogens with two attached hydrogens (primary N) is 1. The zero-order valence-corrected chi connectivity index (χ0v) is 45.5. The highest BCUT2D eigenvalue weighted by molar-refractivity contribution is 6.01. The van der Waals surface area contributed by atoms with Crippen molar-refractivity contribution in [2.24, 2.45) is 17.6 Å². The molecular weight excluding hydrogens is 1070 g/mol. The fraction of sp³-hybridized carbons (Fsp3) is 0.608. The van der Waals surface area contributed by atoms with Gasteiger partial charge in [0.2, 0.25) is 59.1 Å². The Labute approximate surface area is 465 Å². The lowest BCUT2D eigenvalue weighted by Gasteiger charge is -2.31. The van der Waals surface area contributed by atoms with Crippen molar-refractivity contribution in [1.82, 2.24) is 52.8 Å². The van der Waals surface area contributed by atoms with Crippen molar-refractivity contribution < 1.29 is 92.7 Å². The summed E-state index contributed by atoms with van der Waals surface area (Å²) in [6.45, 7) is 5.37. The summed E-state index contributed by atoms with van der Waals surface area (Å²) in [6.07, 6.45) is -4.14. The Bertz CT molecular complexity index is 2480. The van der Waals surface area contributed by atoms with E-state index in [-0.39, 0.29) is 63.8 Å². The SMILES string of the molecule is CC[C@H](C)[C@@H]1NC(=O)[C@H](CC(=O)O)NC(=O)[C@@H](CC(=O)O)NC(=O)CNC(=O)[C@@H]2CCCN2C(=O)[C@H](CC(=O)O)NC(=O)[C@H](Cc2ccc(O)cc2)NC(=O)[C@H]([C@@H](C)CC)NC(=O)[C@H](CCC(=O)O)NC(=O)[C@H](CCCCN)NC1=O. The Morgan fingerprint density at radius 3 is 1.53 bits per heavy atom. The van der Waals surface area contributed by atoms with Crippen molar-refractivity contribution in [3.63, 3.8) is 0 Å². The van der Waals surface area contributed by atoms with Crippen LogP contribution in [-0.4, -0.2) is 187 Å². The van der Waals surface area contributed by atoms with Crippen LogP contribution in [0.15, 0.2) is 24.3 Å². The Balaban J connectivity index is 2.24. The van der Waals surface area contributed by atoms with Crippen LogP contribution in [0.5, 0.6) is 5.75 Å². The van der Waals surface area contributed by atoms with Crippen LogP contribution in [0.2, 0.25) is 0 Å². The number of phenolic OH excluding ortho intramolecular Hbond substituents is 1. The quantitative estimate of drug-likeness (QED) is 0.0596. The van der Waals surface area contributed by atoms with Gasteiger partial charge in [-0.25, -0.2) is 0 Å². The van der Waals surface area contributed by atoms with Gasteiger partial charge in [0.25, 0.3) is 0 Å². The standard InChI is InChI=1S/C51H75N11O19/c1-5-25(3)41-49(79)56-29(10-7-8-18-52)43(73)55-30(16-17-37(65)66)44(74)60-42(26(4)6-2)50(80)58-31(20-27-12-14-28(63)15-13-27)45(75)59-34(23-40(71)72)51(81)62-19-9-11-35(62)48(78)53-24-36(64)54-32(21-38(67)68)46(76)57-33(22-39(69)70)47(77)61-41/h12-15,25-26,29-35,41-42,63H,5-11,16-24,52H2,1-4H3,(H,53,78)(H,54,64)(H,55,73)(H,56,79)(H,57,76)(H,58,80)(H,59,75)(H,60,74)(H,61,77)(H,65,66)(H,67,68)(H,69,70)(H,71,72)/t25-,26-,29-,30-,31-,32+,33-,34-,35-,41-,42-/m0/s1. The van der Waals surface area contributed by atoms with Gasteiger partial charge in [-0.05, 0) is 74.6 Å². The number of carbonyl (C=O) groups excluding carboxylic acids is 10. The van der Waals surface area contributed by atoms with E-state index < -0.39 is 188 Å². The van der Waals surface area contributed by atoms with Crippen molar-refractivity contribution in [1.29, 1.82) is 0 Å². The molecule has 0 aromatic heterocycles. The molecule has 11 atom stereocenters. The number of carboxylic acid groups (broad SMARTS) is 4. The predicted octanol–water partition coefficient (Wildman–Crippen LogP) is -3.56. The number of carboxylic acids is 4. The first kappa shape index (κ1) is 66.8. The molecule has 2 aliphatic rings. The van der Waals surface area contributed by atoms with E-state index in [2.05, 4.69) is 47.9 Å². The fourth-order valence-corrected chi connectivity index (χ4v) is 8.80. The summed E-state index contributed by atoms with van der Waals surface area (Å²) in [5.74, 6) is -19.2. The lowest BCUT2D eigenvalue weighted by Crippen LogP contribution is -2.62. The number of hydrogen-bond acceptors (Lipinski definition) is 16. The maximum absolute atomic E-state index is 14.5. The van der Waals surface area contributed by atoms with Gasteiger partial charge in [-0.15, -0.1) is 0 Å². The van der Waals surface area contributed by atoms with Crippen molar-refractivity contribution >= 4 is 82.9 Å². The van der Waals surface area contributed by atoms with E-state index in [0.717, 1.165) is 4.90 Å². The van der Waals surface area contributed by atoms with E-state index >= 15 is 0 Å². The Morgan fingerprint density at radius 1 is 0.556 bits per heavy atom. The Hall–Kier alpha value is -8.44. The van der Waals surface area contributed by atoms with E-state index in [1.807, 2.05) is 0 Å². The normalized spacial score (nSPS) is 25.3. The van der Waals surface area contributed by atoms with Crippen LogP contribution in [0.1, 0.15) is 110 Å². The molecule has 10 amide bonds. The molecule has 30 nitrogen and oxygen atoms in total. The van der Waals surface area contributed by atoms with Gasteiger partial charge in [0.05, 0.1) is 25.8 Å². The summed E-state index contributed by atoms with van der Waals surface area (Å²) in [7, 11) is 0. The van der Waals surface area contributed by atoms with Crippen LogP contribution >= 0.6 is 0 Å². The maximum atomic E-state index is 14.5. The summed E-state index contributed by atoms with van der Waals surface area (Å²) in [5, 5.41) is 70.3. The minimum Gasteiger partial charge on any atom is -0.508 e. The average molecular weight is 1150 g/mol. The molecular formula is C51H75N11O19. The van der Waals surface area contributed by atoms with Gasteiger partial charge in [0.15, 0.2) is 0 Å². The Kier molecular flexibility index (Phi) is 26.9. The molecule has 2 aliphatic heterocycles. The third-order valence-electron chi connectivity index (χ3n) is 13.8. The molecule has 448 valence electrons. The number of fused-ring (bicyclic) bond motifs is 1. The van der Waals surface area contributed by atoms with Crippen molar-refractivity contribution in [3.05, 3.63) is 29.8 Å². The molecule has 2 saturated heterocycles. The Morgan fingerprint density at radius 2 is 1.00 bits per heavy atom. The highest BCUT2D eigenvalue weighted by Crippen LogP contribution is 2.21. The number of aliphatic carboxylic acids is 4. The number of unbranched alkanes of at least 4 members (excludes halogenated alkanes) is 1. The highest BCUT2D eigenvalue weighted by atomic mass is 16.4. The van der Waals surface area contributed by atoms with Gasteiger partial charge >= 0.3 is 23.9 Å². The fourth-order valence-electron chi connectivity index (χ4n) is 8.80. The number of phenols is 1. The molecule has 16 N–H and O–H groups in total. The summed E-state index contributed by atoms with van der Waals surface area (Å²) in [5.41, 5.74) is 6.04. The van der Waals surface area contributed by atoms with Crippen molar-refractivity contribution in [2.75, 3.05) is 19.6 Å². The number of nitrogens with one attached hydrogen (secondary N) is 9. The lowest BCUT2D eigenvalue weighted by molar-refractivity contribution is -0.146. The molecule has 0 radical (unpaired) electrons. The van der Waals surface area contributed by atoms with E-state index in [1.165, 1.54) is 31.2 Å². The topological polar surface area (TPSA) is 478 Å². The zero-order chi connectivity index (χ0) is 60.7. The molecule has 30 heteroatoms. The second kappa shape index (κ2) is 32.6. The second-order valence-corrected chi connectivity index (χ2v) is 20.0. The van der Waals surface area contributed by atoms with E-state index in [0.29, 0.717) is 12.0 Å². The van der Waals surface area contributed by atoms with E-state index in [9.17, 15) is 92.7 Å². The van der Waals surface area contributed by atoms with Crippen LogP contribution in [0.4, 0.5) is 0 Å². The smallest absolute Gasteiger partial charge is 0.305 e. The van der Waals surface area contributed by atoms with Crippen molar-refractivity contribution in [3.8, 4) is 5.75 Å². The van der Waals surface area contributed by atoms with Gasteiger partial charge in [-0.2, -0.15) is 0 Å². The molecule has 1 aromatic carbocycles. The largest absolute Gasteiger partial charge is 0.508 e. The first-order chi connectivity index (χ1) is 38.2. The average Bonchev–Trinajstić information content (AvgIpc) is 3.96. The second-order valence-electron chi connectivity index (χ2n) is 20.0. The predicted molar refractivity (Wildman–Crippen MR) is 280 cm³/mol. The van der Waals surface area contributed by atoms with Crippen LogP contribution in [0.3, 0.4) is 0 Å². The van der Waals surface area contributed by atoms with Crippen LogP contribution in [0, 0.1) is 11.8 Å². The van der Waals surface area contributed by atoms with Crippen LogP contribution < -0.4 is 53.6 Å². The molecule has 0 spiro atoms. The summed E-state index contributed by atoms with van der Waals surface area (Å²) in [6, 6.07) is -10.0. The number of carbonyl (C=O) groups is 14. The molecule has 81 heavy (non-hydrogen) atoms. The third-order valence-corrected chi connectivity index (χ3v) is 13.8. The first-order valence-corrected chi connectivity index (χ1v) is 26.5. The van der Waals surface area contributed by atoms with E-state index in [4.69, 9.17) is 5.73 Å². The van der Waals surface area contributed by atoms with Gasteiger partial charge in [-0.1, -0.05) is 52.7 Å². The number of benzene rings is 1. The molecule has 1 aromatic rings. The lowest BCUT2D eigenvalue weighted by atomic mass is 9.96. The first-order valence-electron chi connectivity index (χ1n) is 26.5. The zero-order valence-electron chi connectivity index (χ0n) is 45.5. The molecule has 0 aliphatic carbocycles. The van der Waals surface area contributed by atoms with Crippen LogP contribution in [0.25, 0.3) is 0 Å². The molecule has 0 unspecified atom stereocenters. The summed E-state index contributed by atoms with van der Waals surface area (Å²) < 4.78 is 0. The van der Waals surface area contributed by atoms with Crippen LogP contribution in [-0.2, 0) is 73.5 Å². The number of hydrogen-bond donors (Lipinski definition) is 15. The molecule has 0 saturated carbocycles. The minimum atomic E-state index is -2.04. The van der Waals surface area contributed by atoms with E-state index in [1.54, 1.807) is 20.8 Å². The summed E-state index contributed by atoms with van der Waals surface area (Å²) in [4.78, 5) is 189. The monoisotopic (exact) mass is 1150 g/mol. The molecule has 3 rings (SSSR count). The molecule has 2 fully saturated rings. The molecule has 0 bridgehead atoms. The third kappa shape index (κ3) is 21.6. The highest BCUT2D eigenvalue weighted by Gasteiger charge is 2.41. The van der Waals surface area contributed by atoms with Gasteiger partial charge in [0, 0.05) is 19.4 Å². The number of rotatable bonds is 19. The number of nitrogens with zero attached hydrogens (tertiary/aromatic N) is 1.